The maximum Gasteiger partial charge on any atom is 0.259 e. The van der Waals surface area contributed by atoms with Crippen molar-refractivity contribution in [3.63, 3.8) is 0 Å². The van der Waals surface area contributed by atoms with Gasteiger partial charge in [0.25, 0.3) is 11.6 Å². The van der Waals surface area contributed by atoms with Crippen LogP contribution in [0.4, 0.5) is 5.69 Å². The van der Waals surface area contributed by atoms with Crippen LogP contribution in [0.3, 0.4) is 0 Å². The lowest BCUT2D eigenvalue weighted by Crippen LogP contribution is -2.13. The first-order valence-corrected chi connectivity index (χ1v) is 9.92. The highest BCUT2D eigenvalue weighted by atomic mass is 32.1. The Hall–Kier alpha value is -3.32. The quantitative estimate of drug-likeness (QED) is 0.464. The Labute approximate surface area is 171 Å². The zero-order valence-corrected chi connectivity index (χ0v) is 17.3. The zero-order chi connectivity index (χ0) is 20.7. The fourth-order valence-corrected chi connectivity index (χ4v) is 4.24. The molecule has 0 spiro atoms. The van der Waals surface area contributed by atoms with Crippen molar-refractivity contribution in [2.75, 3.05) is 5.32 Å². The summed E-state index contributed by atoms with van der Waals surface area (Å²) in [5.74, 6) is -0.372. The van der Waals surface area contributed by atoms with Crippen molar-refractivity contribution in [2.24, 2.45) is 0 Å². The third-order valence-corrected chi connectivity index (χ3v) is 5.67. The first kappa shape index (κ1) is 19.0. The highest BCUT2D eigenvalue weighted by molar-refractivity contribution is 7.12. The van der Waals surface area contributed by atoms with E-state index in [0.717, 1.165) is 10.4 Å². The van der Waals surface area contributed by atoms with Gasteiger partial charge in [-0.05, 0) is 52.0 Å². The SMILES string of the molecule is CC(=O)c1cccc(NC(=O)c2cc(-c3cc(C)sc3C)nc3onc(C)c23)c1. The molecule has 6 nitrogen and oxygen atoms in total. The highest BCUT2D eigenvalue weighted by Gasteiger charge is 2.21. The summed E-state index contributed by atoms with van der Waals surface area (Å²) in [5.41, 5.74) is 4.07. The number of pyridine rings is 1. The summed E-state index contributed by atoms with van der Waals surface area (Å²) in [6.07, 6.45) is 0. The molecule has 0 atom stereocenters. The van der Waals surface area contributed by atoms with Crippen LogP contribution < -0.4 is 5.32 Å². The molecule has 0 saturated heterocycles. The summed E-state index contributed by atoms with van der Waals surface area (Å²) in [4.78, 5) is 31.6. The van der Waals surface area contributed by atoms with Gasteiger partial charge in [0, 0.05) is 26.6 Å². The number of rotatable bonds is 4. The van der Waals surface area contributed by atoms with E-state index in [4.69, 9.17) is 4.52 Å². The number of thiophene rings is 1. The van der Waals surface area contributed by atoms with Crippen molar-refractivity contribution < 1.29 is 14.1 Å². The number of nitrogens with zero attached hydrogens (tertiary/aromatic N) is 2. The molecule has 0 unspecified atom stereocenters. The number of nitrogens with one attached hydrogen (secondary N) is 1. The van der Waals surface area contributed by atoms with E-state index in [1.54, 1.807) is 48.6 Å². The van der Waals surface area contributed by atoms with E-state index in [-0.39, 0.29) is 11.7 Å². The third kappa shape index (κ3) is 3.56. The minimum atomic E-state index is -0.310. The normalized spacial score (nSPS) is 11.0. The fourth-order valence-electron chi connectivity index (χ4n) is 3.31. The van der Waals surface area contributed by atoms with Gasteiger partial charge in [-0.15, -0.1) is 11.3 Å². The molecule has 7 heteroatoms. The Bertz CT molecular complexity index is 1270. The van der Waals surface area contributed by atoms with Crippen LogP contribution in [0.25, 0.3) is 22.4 Å². The van der Waals surface area contributed by atoms with Gasteiger partial charge in [-0.3, -0.25) is 9.59 Å². The van der Waals surface area contributed by atoms with Crippen molar-refractivity contribution in [2.45, 2.75) is 27.7 Å². The van der Waals surface area contributed by atoms with Gasteiger partial charge in [0.2, 0.25) is 0 Å². The second-order valence-corrected chi connectivity index (χ2v) is 8.38. The molecule has 0 bridgehead atoms. The largest absolute Gasteiger partial charge is 0.335 e. The molecule has 0 radical (unpaired) electrons. The number of anilines is 1. The average Bonchev–Trinajstić information content (AvgIpc) is 3.22. The predicted molar refractivity (Wildman–Crippen MR) is 114 cm³/mol. The molecule has 3 aromatic heterocycles. The Morgan fingerprint density at radius 1 is 1.10 bits per heavy atom. The van der Waals surface area contributed by atoms with Crippen molar-refractivity contribution in [3.8, 4) is 11.3 Å². The third-order valence-electron chi connectivity index (χ3n) is 4.71. The molecule has 4 aromatic rings. The maximum absolute atomic E-state index is 13.1. The molecule has 0 fully saturated rings. The lowest BCUT2D eigenvalue weighted by Gasteiger charge is -2.09. The monoisotopic (exact) mass is 405 g/mol. The number of benzene rings is 1. The standard InChI is InChI=1S/C22H19N3O3S/c1-11-8-17(14(4)29-11)19-10-18(20-12(2)25-28-22(20)24-19)21(27)23-16-7-5-6-15(9-16)13(3)26/h5-10H,1-4H3,(H,23,27). The fraction of sp³-hybridized carbons (Fsp3) is 0.182. The van der Waals surface area contributed by atoms with Crippen molar-refractivity contribution in [1.29, 1.82) is 0 Å². The Morgan fingerprint density at radius 3 is 2.59 bits per heavy atom. The van der Waals surface area contributed by atoms with Crippen molar-refractivity contribution in [1.82, 2.24) is 10.1 Å². The predicted octanol–water partition coefficient (Wildman–Crippen LogP) is 5.33. The summed E-state index contributed by atoms with van der Waals surface area (Å²) in [7, 11) is 0. The molecular weight excluding hydrogens is 386 g/mol. The van der Waals surface area contributed by atoms with Gasteiger partial charge >= 0.3 is 0 Å². The summed E-state index contributed by atoms with van der Waals surface area (Å²) < 4.78 is 5.37. The van der Waals surface area contributed by atoms with Gasteiger partial charge in [-0.25, -0.2) is 4.98 Å². The van der Waals surface area contributed by atoms with E-state index in [1.807, 2.05) is 13.8 Å². The maximum atomic E-state index is 13.1. The summed E-state index contributed by atoms with van der Waals surface area (Å²) in [6.45, 7) is 7.33. The van der Waals surface area contributed by atoms with Crippen LogP contribution in [0, 0.1) is 20.8 Å². The van der Waals surface area contributed by atoms with Crippen molar-refractivity contribution in [3.05, 3.63) is 63.0 Å². The van der Waals surface area contributed by atoms with Crippen LogP contribution >= 0.6 is 11.3 Å². The molecular formula is C22H19N3O3S. The van der Waals surface area contributed by atoms with Gasteiger partial charge < -0.3 is 9.84 Å². The van der Waals surface area contributed by atoms with E-state index in [2.05, 4.69) is 21.5 Å². The number of carbonyl (C=O) groups excluding carboxylic acids is 2. The second-order valence-electron chi connectivity index (χ2n) is 6.92. The Kier molecular flexibility index (Phi) is 4.76. The molecule has 1 aromatic carbocycles. The second kappa shape index (κ2) is 7.25. The van der Waals surface area contributed by atoms with Crippen LogP contribution in [0.15, 0.2) is 40.9 Å². The summed E-state index contributed by atoms with van der Waals surface area (Å²) in [6, 6.07) is 10.7. The van der Waals surface area contributed by atoms with Crippen molar-refractivity contribution >= 4 is 39.8 Å². The molecule has 4 rings (SSSR count). The number of Topliss-reactive ketones (excluding diaryl/α,β-unsaturated/α-hetero) is 1. The number of carbonyl (C=O) groups is 2. The average molecular weight is 405 g/mol. The summed E-state index contributed by atoms with van der Waals surface area (Å²) in [5, 5.41) is 7.44. The first-order chi connectivity index (χ1) is 13.8. The van der Waals surface area contributed by atoms with E-state index in [9.17, 15) is 9.59 Å². The molecule has 1 amide bonds. The molecule has 0 aliphatic carbocycles. The van der Waals surface area contributed by atoms with E-state index < -0.39 is 0 Å². The molecule has 1 N–H and O–H groups in total. The first-order valence-electron chi connectivity index (χ1n) is 9.10. The van der Waals surface area contributed by atoms with E-state index in [0.29, 0.717) is 39.3 Å². The minimum absolute atomic E-state index is 0.0622. The Morgan fingerprint density at radius 2 is 1.90 bits per heavy atom. The van der Waals surface area contributed by atoms with Gasteiger partial charge in [0.1, 0.15) is 0 Å². The van der Waals surface area contributed by atoms with E-state index in [1.165, 1.54) is 11.8 Å². The minimum Gasteiger partial charge on any atom is -0.335 e. The molecule has 29 heavy (non-hydrogen) atoms. The zero-order valence-electron chi connectivity index (χ0n) is 16.5. The van der Waals surface area contributed by atoms with E-state index >= 15 is 0 Å². The smallest absolute Gasteiger partial charge is 0.259 e. The van der Waals surface area contributed by atoms with Crippen LogP contribution in [-0.2, 0) is 0 Å². The number of aryl methyl sites for hydroxylation is 3. The van der Waals surface area contributed by atoms with Crippen LogP contribution in [0.5, 0.6) is 0 Å². The molecule has 0 aliphatic rings. The van der Waals surface area contributed by atoms with Gasteiger partial charge in [0.05, 0.1) is 22.3 Å². The highest BCUT2D eigenvalue weighted by Crippen LogP contribution is 2.33. The van der Waals surface area contributed by atoms with Gasteiger partial charge in [-0.2, -0.15) is 0 Å². The number of hydrogen-bond acceptors (Lipinski definition) is 6. The summed E-state index contributed by atoms with van der Waals surface area (Å²) >= 11 is 1.68. The number of amides is 1. The van der Waals surface area contributed by atoms with Gasteiger partial charge in [0.15, 0.2) is 5.78 Å². The lowest BCUT2D eigenvalue weighted by atomic mass is 10.0. The van der Waals surface area contributed by atoms with Crippen LogP contribution in [0.1, 0.15) is 43.1 Å². The molecule has 0 saturated carbocycles. The van der Waals surface area contributed by atoms with Crippen LogP contribution in [0.2, 0.25) is 0 Å². The number of fused-ring (bicyclic) bond motifs is 1. The number of aromatic nitrogens is 2. The molecule has 3 heterocycles. The van der Waals surface area contributed by atoms with Crippen LogP contribution in [-0.4, -0.2) is 21.8 Å². The molecule has 0 aliphatic heterocycles. The molecule has 146 valence electrons. The topological polar surface area (TPSA) is 85.1 Å². The number of ketones is 1. The Balaban J connectivity index is 1.80. The number of hydrogen-bond donors (Lipinski definition) is 1. The van der Waals surface area contributed by atoms with Gasteiger partial charge in [-0.1, -0.05) is 17.3 Å². The lowest BCUT2D eigenvalue weighted by molar-refractivity contribution is 0.101.